The number of hydrogen-bond acceptors (Lipinski definition) is 1. The molecule has 3 aliphatic rings. The Hall–Kier alpha value is -0.730. The zero-order valence-electron chi connectivity index (χ0n) is 8.46. The molecule has 4 rings (SSSR count). The van der Waals surface area contributed by atoms with E-state index in [9.17, 15) is 4.79 Å². The Morgan fingerprint density at radius 1 is 1.19 bits per heavy atom. The van der Waals surface area contributed by atoms with Crippen molar-refractivity contribution < 1.29 is 9.90 Å². The van der Waals surface area contributed by atoms with Gasteiger partial charge >= 0.3 is 5.97 Å². The number of carbonyl (C=O) groups is 1. The third-order valence-electron chi connectivity index (χ3n) is 4.02. The normalized spacial score (nSPS) is 35.1. The molecular formula is C12H10Cl2O2. The molecule has 0 aliphatic heterocycles. The molecule has 16 heavy (non-hydrogen) atoms. The SMILES string of the molecule is O=C(O)C12CC(c3ccc(Cl)c(Cl)c3)(C1)C2. The summed E-state index contributed by atoms with van der Waals surface area (Å²) in [5.74, 6) is -0.658. The quantitative estimate of drug-likeness (QED) is 0.880. The van der Waals surface area contributed by atoms with Crippen LogP contribution in [0.1, 0.15) is 24.8 Å². The third-order valence-corrected chi connectivity index (χ3v) is 4.76. The number of rotatable bonds is 2. The lowest BCUT2D eigenvalue weighted by Gasteiger charge is -2.68. The van der Waals surface area contributed by atoms with Gasteiger partial charge in [0.15, 0.2) is 0 Å². The maximum atomic E-state index is 11.0. The number of halogens is 2. The van der Waals surface area contributed by atoms with Crippen LogP contribution in [0.2, 0.25) is 10.0 Å². The van der Waals surface area contributed by atoms with Gasteiger partial charge in [-0.3, -0.25) is 4.79 Å². The molecule has 0 heterocycles. The number of carboxylic acid groups (broad SMARTS) is 1. The van der Waals surface area contributed by atoms with E-state index in [1.165, 1.54) is 0 Å². The van der Waals surface area contributed by atoms with Crippen molar-refractivity contribution >= 4 is 29.2 Å². The van der Waals surface area contributed by atoms with Gasteiger partial charge in [-0.1, -0.05) is 29.3 Å². The van der Waals surface area contributed by atoms with Gasteiger partial charge < -0.3 is 5.11 Å². The van der Waals surface area contributed by atoms with Crippen LogP contribution in [-0.2, 0) is 10.2 Å². The molecule has 0 radical (unpaired) electrons. The van der Waals surface area contributed by atoms with E-state index in [1.807, 2.05) is 12.1 Å². The van der Waals surface area contributed by atoms with Crippen molar-refractivity contribution in [2.45, 2.75) is 24.7 Å². The summed E-state index contributed by atoms with van der Waals surface area (Å²) in [5.41, 5.74) is 0.753. The van der Waals surface area contributed by atoms with Crippen molar-refractivity contribution in [3.63, 3.8) is 0 Å². The van der Waals surface area contributed by atoms with Gasteiger partial charge in [-0.25, -0.2) is 0 Å². The van der Waals surface area contributed by atoms with E-state index in [0.717, 1.165) is 24.8 Å². The Morgan fingerprint density at radius 3 is 2.31 bits per heavy atom. The van der Waals surface area contributed by atoms with E-state index in [-0.39, 0.29) is 5.41 Å². The monoisotopic (exact) mass is 256 g/mol. The number of hydrogen-bond donors (Lipinski definition) is 1. The van der Waals surface area contributed by atoms with Gasteiger partial charge in [-0.15, -0.1) is 0 Å². The molecule has 4 heteroatoms. The van der Waals surface area contributed by atoms with Crippen LogP contribution in [0.25, 0.3) is 0 Å². The Kier molecular flexibility index (Phi) is 1.91. The minimum Gasteiger partial charge on any atom is -0.481 e. The lowest BCUT2D eigenvalue weighted by Crippen LogP contribution is -2.67. The van der Waals surface area contributed by atoms with Crippen molar-refractivity contribution in [3.8, 4) is 0 Å². The summed E-state index contributed by atoms with van der Waals surface area (Å²) in [4.78, 5) is 11.0. The molecule has 1 N–H and O–H groups in total. The van der Waals surface area contributed by atoms with Crippen LogP contribution in [-0.4, -0.2) is 11.1 Å². The van der Waals surface area contributed by atoms with E-state index in [0.29, 0.717) is 10.0 Å². The van der Waals surface area contributed by atoms with E-state index in [2.05, 4.69) is 0 Å². The highest BCUT2D eigenvalue weighted by Gasteiger charge is 2.72. The first-order chi connectivity index (χ1) is 7.47. The fourth-order valence-corrected chi connectivity index (χ4v) is 3.45. The van der Waals surface area contributed by atoms with Crippen LogP contribution in [0.4, 0.5) is 0 Å². The minimum atomic E-state index is -0.658. The molecule has 0 aromatic heterocycles. The molecule has 3 saturated carbocycles. The fraction of sp³-hybridized carbons (Fsp3) is 0.417. The Bertz CT molecular complexity index is 476. The summed E-state index contributed by atoms with van der Waals surface area (Å²) in [6.07, 6.45) is 2.23. The number of aliphatic carboxylic acids is 1. The lowest BCUT2D eigenvalue weighted by atomic mass is 9.33. The first kappa shape index (κ1) is 10.4. The highest BCUT2D eigenvalue weighted by Crippen LogP contribution is 2.73. The lowest BCUT2D eigenvalue weighted by molar-refractivity contribution is -0.194. The largest absolute Gasteiger partial charge is 0.481 e. The molecule has 3 aliphatic carbocycles. The summed E-state index contributed by atoms with van der Waals surface area (Å²) >= 11 is 11.8. The second-order valence-electron chi connectivity index (χ2n) is 5.03. The van der Waals surface area contributed by atoms with Crippen LogP contribution < -0.4 is 0 Å². The smallest absolute Gasteiger partial charge is 0.309 e. The van der Waals surface area contributed by atoms with Crippen molar-refractivity contribution in [2.24, 2.45) is 5.41 Å². The molecule has 84 valence electrons. The molecule has 0 saturated heterocycles. The topological polar surface area (TPSA) is 37.3 Å². The van der Waals surface area contributed by atoms with Crippen LogP contribution in [0.15, 0.2) is 18.2 Å². The average molecular weight is 257 g/mol. The molecule has 0 unspecified atom stereocenters. The number of carboxylic acids is 1. The molecule has 2 nitrogen and oxygen atoms in total. The van der Waals surface area contributed by atoms with E-state index >= 15 is 0 Å². The van der Waals surface area contributed by atoms with Crippen LogP contribution in [0.3, 0.4) is 0 Å². The second kappa shape index (κ2) is 2.93. The first-order valence-corrected chi connectivity index (χ1v) is 5.92. The molecule has 0 amide bonds. The zero-order chi connectivity index (χ0) is 11.6. The molecule has 3 fully saturated rings. The summed E-state index contributed by atoms with van der Waals surface area (Å²) < 4.78 is 0. The zero-order valence-corrected chi connectivity index (χ0v) is 9.98. The van der Waals surface area contributed by atoms with Crippen LogP contribution in [0.5, 0.6) is 0 Å². The molecular weight excluding hydrogens is 247 g/mol. The van der Waals surface area contributed by atoms with Gasteiger partial charge in [0.05, 0.1) is 15.5 Å². The maximum Gasteiger partial charge on any atom is 0.309 e. The van der Waals surface area contributed by atoms with E-state index in [1.54, 1.807) is 6.07 Å². The Balaban J connectivity index is 1.87. The molecule has 1 aromatic carbocycles. The molecule has 0 atom stereocenters. The highest BCUT2D eigenvalue weighted by molar-refractivity contribution is 6.42. The third kappa shape index (κ3) is 1.12. The molecule has 1 aromatic rings. The van der Waals surface area contributed by atoms with Gasteiger partial charge in [0, 0.05) is 0 Å². The van der Waals surface area contributed by atoms with E-state index < -0.39 is 11.4 Å². The van der Waals surface area contributed by atoms with Gasteiger partial charge in [0.2, 0.25) is 0 Å². The summed E-state index contributed by atoms with van der Waals surface area (Å²) in [7, 11) is 0. The van der Waals surface area contributed by atoms with Gasteiger partial charge in [-0.05, 0) is 42.4 Å². The van der Waals surface area contributed by atoms with Gasteiger partial charge in [0.1, 0.15) is 0 Å². The Labute approximate surface area is 103 Å². The summed E-state index contributed by atoms with van der Waals surface area (Å²) in [5, 5.41) is 10.1. The van der Waals surface area contributed by atoms with Crippen molar-refractivity contribution in [3.05, 3.63) is 33.8 Å². The molecule has 2 bridgehead atoms. The highest BCUT2D eigenvalue weighted by atomic mass is 35.5. The average Bonchev–Trinajstić information content (AvgIpc) is 2.05. The van der Waals surface area contributed by atoms with Gasteiger partial charge in [0.25, 0.3) is 0 Å². The second-order valence-corrected chi connectivity index (χ2v) is 5.84. The van der Waals surface area contributed by atoms with Crippen LogP contribution >= 0.6 is 23.2 Å². The number of benzene rings is 1. The van der Waals surface area contributed by atoms with Crippen molar-refractivity contribution in [1.29, 1.82) is 0 Å². The first-order valence-electron chi connectivity index (χ1n) is 5.17. The molecule has 0 spiro atoms. The summed E-state index contributed by atoms with van der Waals surface area (Å²) in [6.45, 7) is 0. The standard InChI is InChI=1S/C12H10Cl2O2/c13-8-2-1-7(3-9(8)14)11-4-12(5-11,6-11)10(15)16/h1-3H,4-6H2,(H,15,16). The van der Waals surface area contributed by atoms with Crippen molar-refractivity contribution in [2.75, 3.05) is 0 Å². The maximum absolute atomic E-state index is 11.0. The summed E-state index contributed by atoms with van der Waals surface area (Å²) in [6, 6.07) is 5.61. The predicted octanol–water partition coefficient (Wildman–Crippen LogP) is 3.50. The van der Waals surface area contributed by atoms with E-state index in [4.69, 9.17) is 28.3 Å². The van der Waals surface area contributed by atoms with Gasteiger partial charge in [-0.2, -0.15) is 0 Å². The van der Waals surface area contributed by atoms with Crippen LogP contribution in [0, 0.1) is 5.41 Å². The predicted molar refractivity (Wildman–Crippen MR) is 62.1 cm³/mol. The van der Waals surface area contributed by atoms with Crippen molar-refractivity contribution in [1.82, 2.24) is 0 Å². The fourth-order valence-electron chi connectivity index (χ4n) is 3.15. The Morgan fingerprint density at radius 2 is 1.81 bits per heavy atom. The minimum absolute atomic E-state index is 0.0621.